The van der Waals surface area contributed by atoms with Gasteiger partial charge >= 0.3 is 0 Å². The van der Waals surface area contributed by atoms with E-state index in [2.05, 4.69) is 33.5 Å². The zero-order valence-electron chi connectivity index (χ0n) is 12.8. The lowest BCUT2D eigenvalue weighted by Crippen LogP contribution is -2.42. The van der Waals surface area contributed by atoms with Crippen LogP contribution in [0.25, 0.3) is 0 Å². The van der Waals surface area contributed by atoms with Crippen molar-refractivity contribution < 1.29 is 9.47 Å². The molecule has 120 valence electrons. The van der Waals surface area contributed by atoms with Gasteiger partial charge in [-0.15, -0.1) is 0 Å². The molecule has 0 saturated heterocycles. The number of hydrogen-bond acceptors (Lipinski definition) is 3. The molecule has 5 nitrogen and oxygen atoms in total. The van der Waals surface area contributed by atoms with Gasteiger partial charge in [0.25, 0.3) is 0 Å². The number of rotatable bonds is 4. The molecule has 0 spiro atoms. The zero-order chi connectivity index (χ0) is 15.4. The third-order valence-corrected chi connectivity index (χ3v) is 4.54. The number of fused-ring (bicyclic) bond motifs is 1. The minimum Gasteiger partial charge on any atom is -0.454 e. The quantitative estimate of drug-likeness (QED) is 0.633. The van der Waals surface area contributed by atoms with Gasteiger partial charge in [-0.05, 0) is 53.4 Å². The van der Waals surface area contributed by atoms with E-state index in [0.717, 1.165) is 34.0 Å². The highest BCUT2D eigenvalue weighted by Gasteiger charge is 2.18. The van der Waals surface area contributed by atoms with Crippen molar-refractivity contribution in [3.8, 4) is 11.5 Å². The predicted molar refractivity (Wildman–Crippen MR) is 90.5 cm³/mol. The molecule has 0 radical (unpaired) electrons. The molecule has 0 unspecified atom stereocenters. The van der Waals surface area contributed by atoms with Crippen molar-refractivity contribution in [3.05, 3.63) is 22.2 Å². The number of nitrogens with one attached hydrogen (secondary N) is 2. The molecule has 1 aromatic rings. The number of nitrogens with zero attached hydrogens (tertiary/aromatic N) is 1. The number of halogens is 1. The lowest BCUT2D eigenvalue weighted by atomic mass is 10.2. The average Bonchev–Trinajstić information content (AvgIpc) is 3.16. The van der Waals surface area contributed by atoms with Gasteiger partial charge in [-0.2, -0.15) is 0 Å². The summed E-state index contributed by atoms with van der Waals surface area (Å²) < 4.78 is 11.8. The maximum absolute atomic E-state index is 5.45. The molecule has 1 aliphatic heterocycles. The summed E-state index contributed by atoms with van der Waals surface area (Å²) >= 11 is 3.52. The normalized spacial score (nSPS) is 17.8. The minimum absolute atomic E-state index is 0.284. The van der Waals surface area contributed by atoms with Crippen LogP contribution in [0.2, 0.25) is 0 Å². The molecule has 2 N–H and O–H groups in total. The van der Waals surface area contributed by atoms with Crippen molar-refractivity contribution >= 4 is 21.9 Å². The predicted octanol–water partition coefficient (Wildman–Crippen LogP) is 3.18. The summed E-state index contributed by atoms with van der Waals surface area (Å²) in [5.41, 5.74) is 1.10. The first-order chi connectivity index (χ1) is 10.8. The Hall–Kier alpha value is -1.43. The van der Waals surface area contributed by atoms with E-state index in [-0.39, 0.29) is 6.79 Å². The van der Waals surface area contributed by atoms with Gasteiger partial charge in [0.05, 0.1) is 11.0 Å². The fourth-order valence-corrected chi connectivity index (χ4v) is 3.47. The highest BCUT2D eigenvalue weighted by Crippen LogP contribution is 2.40. The first kappa shape index (κ1) is 15.5. The average molecular weight is 368 g/mol. The van der Waals surface area contributed by atoms with Crippen LogP contribution in [-0.2, 0) is 6.54 Å². The molecule has 0 aromatic heterocycles. The molecule has 0 bridgehead atoms. The third kappa shape index (κ3) is 3.66. The van der Waals surface area contributed by atoms with Crippen molar-refractivity contribution in [2.45, 2.75) is 45.2 Å². The molecular weight excluding hydrogens is 346 g/mol. The molecule has 3 rings (SSSR count). The smallest absolute Gasteiger partial charge is 0.231 e. The molecule has 22 heavy (non-hydrogen) atoms. The van der Waals surface area contributed by atoms with Crippen LogP contribution in [0.15, 0.2) is 21.6 Å². The molecular formula is C16H22BrN3O2. The molecule has 2 aliphatic rings. The van der Waals surface area contributed by atoms with Crippen LogP contribution in [-0.4, -0.2) is 25.3 Å². The Labute approximate surface area is 139 Å². The fourth-order valence-electron chi connectivity index (χ4n) is 2.87. The molecule has 0 atom stereocenters. The molecule has 6 heteroatoms. The summed E-state index contributed by atoms with van der Waals surface area (Å²) in [6.07, 6.45) is 5.10. The number of ether oxygens (including phenoxy) is 2. The van der Waals surface area contributed by atoms with Crippen molar-refractivity contribution in [1.29, 1.82) is 0 Å². The highest BCUT2D eigenvalue weighted by molar-refractivity contribution is 9.10. The summed E-state index contributed by atoms with van der Waals surface area (Å²) in [6.45, 7) is 3.84. The standard InChI is InChI=1S/C16H22BrN3O2/c1-2-18-16(20-12-5-3-4-6-12)19-9-11-7-13(17)15-14(8-11)21-10-22-15/h7-8,12H,2-6,9-10H2,1H3,(H2,18,19,20). The Bertz CT molecular complexity index is 557. The summed E-state index contributed by atoms with van der Waals surface area (Å²) in [4.78, 5) is 4.69. The SMILES string of the molecule is CCNC(=NCc1cc(Br)c2c(c1)OCO2)NC1CCCC1. The van der Waals surface area contributed by atoms with Gasteiger partial charge in [-0.25, -0.2) is 4.99 Å². The second kappa shape index (κ2) is 7.22. The van der Waals surface area contributed by atoms with Gasteiger partial charge < -0.3 is 20.1 Å². The van der Waals surface area contributed by atoms with Crippen molar-refractivity contribution in [2.24, 2.45) is 4.99 Å². The van der Waals surface area contributed by atoms with Gasteiger partial charge in [-0.1, -0.05) is 12.8 Å². The Morgan fingerprint density at radius 2 is 2.14 bits per heavy atom. The van der Waals surface area contributed by atoms with Crippen molar-refractivity contribution in [3.63, 3.8) is 0 Å². The van der Waals surface area contributed by atoms with E-state index in [1.54, 1.807) is 0 Å². The van der Waals surface area contributed by atoms with E-state index in [4.69, 9.17) is 14.5 Å². The van der Waals surface area contributed by atoms with Gasteiger partial charge in [0.1, 0.15) is 0 Å². The van der Waals surface area contributed by atoms with Crippen LogP contribution in [0.5, 0.6) is 11.5 Å². The maximum Gasteiger partial charge on any atom is 0.231 e. The first-order valence-electron chi connectivity index (χ1n) is 7.89. The summed E-state index contributed by atoms with van der Waals surface area (Å²) in [6, 6.07) is 4.59. The van der Waals surface area contributed by atoms with Gasteiger partial charge in [0, 0.05) is 12.6 Å². The summed E-state index contributed by atoms with van der Waals surface area (Å²) in [5.74, 6) is 2.46. The topological polar surface area (TPSA) is 54.9 Å². The lowest BCUT2D eigenvalue weighted by Gasteiger charge is -2.16. The maximum atomic E-state index is 5.45. The lowest BCUT2D eigenvalue weighted by molar-refractivity contribution is 0.173. The number of benzene rings is 1. The Morgan fingerprint density at radius 3 is 2.91 bits per heavy atom. The van der Waals surface area contributed by atoms with Gasteiger partial charge in [0.15, 0.2) is 17.5 Å². The first-order valence-corrected chi connectivity index (χ1v) is 8.68. The molecule has 1 aromatic carbocycles. The fraction of sp³-hybridized carbons (Fsp3) is 0.562. The molecule has 1 heterocycles. The Balaban J connectivity index is 1.68. The Kier molecular flexibility index (Phi) is 5.08. The molecule has 0 amide bonds. The minimum atomic E-state index is 0.284. The molecule has 1 saturated carbocycles. The largest absolute Gasteiger partial charge is 0.454 e. The third-order valence-electron chi connectivity index (χ3n) is 3.95. The van der Waals surface area contributed by atoms with E-state index in [1.165, 1.54) is 25.7 Å². The summed E-state index contributed by atoms with van der Waals surface area (Å²) in [5, 5.41) is 6.84. The number of aliphatic imine (C=N–C) groups is 1. The van der Waals surface area contributed by atoms with Crippen LogP contribution in [0.1, 0.15) is 38.2 Å². The van der Waals surface area contributed by atoms with E-state index < -0.39 is 0 Å². The molecule has 1 aliphatic carbocycles. The summed E-state index contributed by atoms with van der Waals surface area (Å²) in [7, 11) is 0. The van der Waals surface area contributed by atoms with Crippen LogP contribution in [0.3, 0.4) is 0 Å². The molecule has 1 fully saturated rings. The van der Waals surface area contributed by atoms with E-state index in [9.17, 15) is 0 Å². The van der Waals surface area contributed by atoms with Crippen LogP contribution < -0.4 is 20.1 Å². The van der Waals surface area contributed by atoms with Gasteiger partial charge in [-0.3, -0.25) is 0 Å². The monoisotopic (exact) mass is 367 g/mol. The van der Waals surface area contributed by atoms with Crippen LogP contribution >= 0.6 is 15.9 Å². The Morgan fingerprint density at radius 1 is 1.32 bits per heavy atom. The van der Waals surface area contributed by atoms with Crippen LogP contribution in [0, 0.1) is 0 Å². The van der Waals surface area contributed by atoms with Gasteiger partial charge in [0.2, 0.25) is 6.79 Å². The second-order valence-corrected chi connectivity index (χ2v) is 6.49. The second-order valence-electron chi connectivity index (χ2n) is 5.63. The highest BCUT2D eigenvalue weighted by atomic mass is 79.9. The van der Waals surface area contributed by atoms with Crippen LogP contribution in [0.4, 0.5) is 0 Å². The van der Waals surface area contributed by atoms with Crippen molar-refractivity contribution in [1.82, 2.24) is 10.6 Å². The van der Waals surface area contributed by atoms with E-state index >= 15 is 0 Å². The number of guanidine groups is 1. The number of hydrogen-bond donors (Lipinski definition) is 2. The van der Waals surface area contributed by atoms with E-state index in [0.29, 0.717) is 12.6 Å². The van der Waals surface area contributed by atoms with E-state index in [1.807, 2.05) is 12.1 Å². The van der Waals surface area contributed by atoms with Crippen molar-refractivity contribution in [2.75, 3.05) is 13.3 Å². The zero-order valence-corrected chi connectivity index (χ0v) is 14.4.